The van der Waals surface area contributed by atoms with Crippen molar-refractivity contribution in [1.29, 1.82) is 0 Å². The normalized spacial score (nSPS) is 16.6. The van der Waals surface area contributed by atoms with E-state index in [-0.39, 0.29) is 0 Å². The van der Waals surface area contributed by atoms with Crippen LogP contribution in [0.2, 0.25) is 0 Å². The highest BCUT2D eigenvalue weighted by Crippen LogP contribution is 2.27. The molecule has 0 aliphatic carbocycles. The van der Waals surface area contributed by atoms with Crippen LogP contribution >= 0.6 is 0 Å². The topological polar surface area (TPSA) is 18.5 Å². The van der Waals surface area contributed by atoms with Crippen molar-refractivity contribution in [2.24, 2.45) is 11.8 Å². The summed E-state index contributed by atoms with van der Waals surface area (Å²) in [6.45, 7) is 11.3. The molecule has 3 atom stereocenters. The molecule has 0 aliphatic heterocycles. The molecule has 0 rings (SSSR count). The van der Waals surface area contributed by atoms with Crippen molar-refractivity contribution >= 4 is 0 Å². The molecule has 0 fully saturated rings. The van der Waals surface area contributed by atoms with E-state index in [1.807, 2.05) is 0 Å². The van der Waals surface area contributed by atoms with E-state index < -0.39 is 18.6 Å². The summed E-state index contributed by atoms with van der Waals surface area (Å²) in [7, 11) is 0. The van der Waals surface area contributed by atoms with E-state index in [0.29, 0.717) is 18.9 Å². The zero-order valence-electron chi connectivity index (χ0n) is 18.3. The first-order valence-corrected chi connectivity index (χ1v) is 10.5. The van der Waals surface area contributed by atoms with Crippen LogP contribution < -0.4 is 0 Å². The van der Waals surface area contributed by atoms with Gasteiger partial charge in [0.2, 0.25) is 0 Å². The molecule has 0 radical (unpaired) electrons. The fraction of sp³-hybridized carbons (Fsp3) is 0.909. The number of ether oxygens (including phenoxy) is 2. The van der Waals surface area contributed by atoms with Gasteiger partial charge in [-0.3, -0.25) is 0 Å². The first-order valence-electron chi connectivity index (χ1n) is 10.5. The average Bonchev–Trinajstić information content (AvgIpc) is 2.52. The molecule has 1 unspecified atom stereocenters. The van der Waals surface area contributed by atoms with Gasteiger partial charge in [0, 0.05) is 13.0 Å². The van der Waals surface area contributed by atoms with Gasteiger partial charge in [0.1, 0.15) is 6.61 Å². The first-order chi connectivity index (χ1) is 12.5. The third-order valence-corrected chi connectivity index (χ3v) is 4.92. The van der Waals surface area contributed by atoms with Gasteiger partial charge in [-0.25, -0.2) is 0 Å². The molecule has 0 saturated carbocycles. The van der Waals surface area contributed by atoms with E-state index in [4.69, 9.17) is 9.47 Å². The van der Waals surface area contributed by atoms with E-state index in [0.717, 1.165) is 25.2 Å². The summed E-state index contributed by atoms with van der Waals surface area (Å²) in [5.74, 6) is 0.164. The van der Waals surface area contributed by atoms with Crippen molar-refractivity contribution < 1.29 is 22.6 Å². The largest absolute Gasteiger partial charge is 0.411 e. The molecule has 162 valence electrons. The summed E-state index contributed by atoms with van der Waals surface area (Å²) in [4.78, 5) is 0. The third kappa shape index (κ3) is 16.1. The Kier molecular flexibility index (Phi) is 13.3. The monoisotopic (exact) mass is 394 g/mol. The highest BCUT2D eigenvalue weighted by molar-refractivity contribution is 4.92. The lowest BCUT2D eigenvalue weighted by Crippen LogP contribution is -2.36. The lowest BCUT2D eigenvalue weighted by atomic mass is 9.92. The number of hydrogen-bond donors (Lipinski definition) is 0. The van der Waals surface area contributed by atoms with Gasteiger partial charge < -0.3 is 9.47 Å². The molecule has 0 aromatic heterocycles. The fourth-order valence-corrected chi connectivity index (χ4v) is 3.26. The van der Waals surface area contributed by atoms with E-state index in [2.05, 4.69) is 33.8 Å². The highest BCUT2D eigenvalue weighted by Gasteiger charge is 2.34. The van der Waals surface area contributed by atoms with Gasteiger partial charge in [-0.05, 0) is 58.8 Å². The Morgan fingerprint density at radius 3 is 2.00 bits per heavy atom. The Bertz CT molecular complexity index is 403. The molecule has 0 aliphatic rings. The van der Waals surface area contributed by atoms with Gasteiger partial charge in [0.15, 0.2) is 5.79 Å². The Morgan fingerprint density at radius 2 is 1.48 bits per heavy atom. The maximum atomic E-state index is 12.4. The minimum atomic E-state index is -4.33. The van der Waals surface area contributed by atoms with Gasteiger partial charge in [0.05, 0.1) is 0 Å². The van der Waals surface area contributed by atoms with Crippen LogP contribution in [0.15, 0.2) is 11.6 Å². The summed E-state index contributed by atoms with van der Waals surface area (Å²) in [5, 5.41) is 0. The van der Waals surface area contributed by atoms with E-state index in [1.54, 1.807) is 13.8 Å². The summed E-state index contributed by atoms with van der Waals surface area (Å²) in [6.07, 6.45) is 6.29. The summed E-state index contributed by atoms with van der Waals surface area (Å²) < 4.78 is 47.7. The van der Waals surface area contributed by atoms with Crippen molar-refractivity contribution in [2.45, 2.75) is 105 Å². The molecule has 0 spiro atoms. The zero-order valence-corrected chi connectivity index (χ0v) is 18.3. The first kappa shape index (κ1) is 26.4. The second-order valence-electron chi connectivity index (χ2n) is 8.36. The number of rotatable bonds is 15. The van der Waals surface area contributed by atoms with Crippen molar-refractivity contribution in [3.8, 4) is 0 Å². The second kappa shape index (κ2) is 13.6. The number of allylic oxidation sites excluding steroid dienone is 2. The summed E-state index contributed by atoms with van der Waals surface area (Å²) >= 11 is 0. The van der Waals surface area contributed by atoms with Crippen molar-refractivity contribution in [2.75, 3.05) is 13.2 Å². The van der Waals surface area contributed by atoms with Crippen LogP contribution in [0.25, 0.3) is 0 Å². The molecule has 2 nitrogen and oxygen atoms in total. The Morgan fingerprint density at radius 1 is 0.926 bits per heavy atom. The fourth-order valence-electron chi connectivity index (χ4n) is 3.26. The maximum Gasteiger partial charge on any atom is 0.411 e. The Labute approximate surface area is 164 Å². The molecule has 27 heavy (non-hydrogen) atoms. The van der Waals surface area contributed by atoms with Crippen LogP contribution in [0.1, 0.15) is 92.9 Å². The molecule has 0 aromatic rings. The van der Waals surface area contributed by atoms with Crippen molar-refractivity contribution in [3.05, 3.63) is 11.6 Å². The SMILES string of the molecule is CCOC(C)(CCC[C@@H](C)CCC[C@@H](C)CCC=C(C)C)OCC(F)(F)F. The maximum absolute atomic E-state index is 12.4. The molecular weight excluding hydrogens is 353 g/mol. The van der Waals surface area contributed by atoms with Gasteiger partial charge >= 0.3 is 6.18 Å². The zero-order chi connectivity index (χ0) is 20.9. The highest BCUT2D eigenvalue weighted by atomic mass is 19.4. The van der Waals surface area contributed by atoms with Gasteiger partial charge in [-0.2, -0.15) is 13.2 Å². The second-order valence-corrected chi connectivity index (χ2v) is 8.36. The van der Waals surface area contributed by atoms with E-state index in [9.17, 15) is 13.2 Å². The lowest BCUT2D eigenvalue weighted by molar-refractivity contribution is -0.278. The van der Waals surface area contributed by atoms with Crippen molar-refractivity contribution in [3.63, 3.8) is 0 Å². The molecule has 5 heteroatoms. The number of hydrogen-bond acceptors (Lipinski definition) is 2. The van der Waals surface area contributed by atoms with E-state index in [1.165, 1.54) is 31.3 Å². The van der Waals surface area contributed by atoms with Crippen LogP contribution in [0.3, 0.4) is 0 Å². The third-order valence-electron chi connectivity index (χ3n) is 4.92. The summed E-state index contributed by atoms with van der Waals surface area (Å²) in [6, 6.07) is 0. The van der Waals surface area contributed by atoms with Gasteiger partial charge in [0.25, 0.3) is 0 Å². The molecule has 0 aromatic carbocycles. The average molecular weight is 395 g/mol. The minimum Gasteiger partial charge on any atom is -0.351 e. The standard InChI is InChI=1S/C22H41F3O2/c1-7-26-21(6,27-17-22(23,24)25)16-10-15-20(5)14-9-13-19(4)12-8-11-18(2)3/h11,19-20H,7-10,12-17H2,1-6H3/t19-,20-,21?/m0/s1. The Balaban J connectivity index is 4.03. The predicted molar refractivity (Wildman–Crippen MR) is 107 cm³/mol. The molecular formula is C22H41F3O2. The lowest BCUT2D eigenvalue weighted by Gasteiger charge is -2.30. The molecule has 0 N–H and O–H groups in total. The molecule has 0 heterocycles. The smallest absolute Gasteiger partial charge is 0.351 e. The van der Waals surface area contributed by atoms with E-state index >= 15 is 0 Å². The molecule has 0 amide bonds. The number of halogens is 3. The predicted octanol–water partition coefficient (Wildman–Crippen LogP) is 7.68. The summed E-state index contributed by atoms with van der Waals surface area (Å²) in [5.41, 5.74) is 1.38. The van der Waals surface area contributed by atoms with Crippen LogP contribution in [-0.4, -0.2) is 25.2 Å². The Hall–Kier alpha value is -0.550. The molecule has 0 saturated heterocycles. The van der Waals surface area contributed by atoms with Crippen LogP contribution in [0.5, 0.6) is 0 Å². The quantitative estimate of drug-likeness (QED) is 0.209. The molecule has 0 bridgehead atoms. The van der Waals surface area contributed by atoms with Crippen LogP contribution in [0.4, 0.5) is 13.2 Å². The van der Waals surface area contributed by atoms with Gasteiger partial charge in [-0.1, -0.05) is 51.2 Å². The number of alkyl halides is 3. The van der Waals surface area contributed by atoms with Crippen molar-refractivity contribution in [1.82, 2.24) is 0 Å². The van der Waals surface area contributed by atoms with Gasteiger partial charge in [-0.15, -0.1) is 0 Å². The van der Waals surface area contributed by atoms with Crippen LogP contribution in [0, 0.1) is 11.8 Å². The minimum absolute atomic E-state index is 0.342. The van der Waals surface area contributed by atoms with Crippen LogP contribution in [-0.2, 0) is 9.47 Å².